The molecule has 1 aromatic heterocycles. The monoisotopic (exact) mass is 684 g/mol. The molecule has 258 valence electrons. The predicted octanol–water partition coefficient (Wildman–Crippen LogP) is 5.99. The number of tetrazole rings is 1. The van der Waals surface area contributed by atoms with Crippen LogP contribution in [0.2, 0.25) is 0 Å². The van der Waals surface area contributed by atoms with Gasteiger partial charge in [-0.1, -0.05) is 12.0 Å². The maximum absolute atomic E-state index is 13.6. The van der Waals surface area contributed by atoms with Crippen LogP contribution in [0.1, 0.15) is 60.5 Å². The second-order valence-corrected chi connectivity index (χ2v) is 10.8. The zero-order chi connectivity index (χ0) is 34.9. The molecule has 0 bridgehead atoms. The first-order valence-electron chi connectivity index (χ1n) is 14.2. The molecule has 19 heteroatoms. The Hall–Kier alpha value is -4.13. The normalized spacial score (nSPS) is 18.4. The third-order valence-corrected chi connectivity index (χ3v) is 7.44. The molecule has 0 aliphatic carbocycles. The molecule has 2 unspecified atom stereocenters. The van der Waals surface area contributed by atoms with Gasteiger partial charge in [-0.05, 0) is 72.5 Å². The van der Waals surface area contributed by atoms with E-state index in [1.807, 2.05) is 0 Å². The van der Waals surface area contributed by atoms with Crippen molar-refractivity contribution >= 4 is 17.7 Å². The Morgan fingerprint density at radius 3 is 2.11 bits per heavy atom. The summed E-state index contributed by atoms with van der Waals surface area (Å²) in [4.78, 5) is 14.8. The molecule has 0 fully saturated rings. The van der Waals surface area contributed by atoms with Crippen LogP contribution in [0.15, 0.2) is 36.4 Å². The van der Waals surface area contributed by atoms with E-state index in [4.69, 9.17) is 4.74 Å². The van der Waals surface area contributed by atoms with Crippen molar-refractivity contribution in [1.29, 1.82) is 0 Å². The maximum Gasteiger partial charge on any atom is 0.416 e. The number of halogens is 9. The van der Waals surface area contributed by atoms with Gasteiger partial charge in [-0.2, -0.15) is 44.3 Å². The van der Waals surface area contributed by atoms with Crippen molar-refractivity contribution in [2.45, 2.75) is 82.5 Å². The summed E-state index contributed by atoms with van der Waals surface area (Å²) < 4.78 is 125. The quantitative estimate of drug-likeness (QED) is 0.235. The number of carbonyl (C=O) groups is 1. The Kier molecular flexibility index (Phi) is 10.3. The molecule has 3 N–H and O–H groups in total. The number of amides is 1. The van der Waals surface area contributed by atoms with Gasteiger partial charge in [0.15, 0.2) is 0 Å². The van der Waals surface area contributed by atoms with Crippen LogP contribution in [-0.4, -0.2) is 61.4 Å². The first-order chi connectivity index (χ1) is 21.8. The number of benzene rings is 2. The van der Waals surface area contributed by atoms with Gasteiger partial charge in [0, 0.05) is 12.5 Å². The fraction of sp³-hybridized carbons (Fsp3) is 0.500. The molecule has 47 heavy (non-hydrogen) atoms. The lowest BCUT2D eigenvalue weighted by Crippen LogP contribution is -2.46. The Morgan fingerprint density at radius 1 is 0.936 bits per heavy atom. The molecule has 1 amide bonds. The fourth-order valence-electron chi connectivity index (χ4n) is 5.19. The summed E-state index contributed by atoms with van der Waals surface area (Å²) >= 11 is 0. The number of hydrogen-bond acceptors (Lipinski definition) is 8. The predicted molar refractivity (Wildman–Crippen MR) is 146 cm³/mol. The van der Waals surface area contributed by atoms with Crippen LogP contribution in [0.5, 0.6) is 0 Å². The number of hydrogen-bond donors (Lipinski definition) is 3. The topological polar surface area (TPSA) is 126 Å². The number of nitrogens with zero attached hydrogens (tertiary/aromatic N) is 5. The molecule has 2 aromatic carbocycles. The van der Waals surface area contributed by atoms with Crippen molar-refractivity contribution in [1.82, 2.24) is 20.2 Å². The van der Waals surface area contributed by atoms with Crippen molar-refractivity contribution in [2.24, 2.45) is 0 Å². The van der Waals surface area contributed by atoms with Crippen molar-refractivity contribution in [2.75, 3.05) is 16.8 Å². The number of aliphatic hydroxyl groups is 2. The Labute approximate surface area is 261 Å². The smallest absolute Gasteiger partial charge is 0.416 e. The van der Waals surface area contributed by atoms with Crippen molar-refractivity contribution < 1.29 is 59.3 Å². The van der Waals surface area contributed by atoms with Crippen molar-refractivity contribution in [3.05, 3.63) is 64.2 Å². The lowest BCUT2D eigenvalue weighted by molar-refractivity contribution is -0.143. The number of ether oxygens (including phenoxy) is 1. The summed E-state index contributed by atoms with van der Waals surface area (Å²) in [5.74, 6) is -0.216. The lowest BCUT2D eigenvalue weighted by Gasteiger charge is -2.40. The number of fused-ring (bicyclic) bond motifs is 1. The number of nitrogens with one attached hydrogen (secondary N) is 1. The second kappa shape index (κ2) is 13.5. The number of aliphatic hydroxyl groups excluding tert-OH is 2. The van der Waals surface area contributed by atoms with E-state index in [9.17, 15) is 54.5 Å². The van der Waals surface area contributed by atoms with Crippen LogP contribution in [0.3, 0.4) is 0 Å². The van der Waals surface area contributed by atoms with Gasteiger partial charge < -0.3 is 20.3 Å². The van der Waals surface area contributed by atoms with Crippen LogP contribution in [0.25, 0.3) is 0 Å². The second-order valence-electron chi connectivity index (χ2n) is 10.8. The van der Waals surface area contributed by atoms with Gasteiger partial charge in [0.1, 0.15) is 6.10 Å². The first kappa shape index (κ1) is 35.7. The SMILES string of the molecule is CCOC(=O)N1c2ccc(C(F)(F)F)cc2[C@@H](Nc2nnn(CC(O)C(O)Cc3cc(C(F)(F)F)cc(C(F)(F)F)c3)n2)C[C@H]1CC. The highest BCUT2D eigenvalue weighted by Gasteiger charge is 2.40. The van der Waals surface area contributed by atoms with Crippen LogP contribution < -0.4 is 10.2 Å². The van der Waals surface area contributed by atoms with Gasteiger partial charge in [-0.25, -0.2) is 4.79 Å². The minimum atomic E-state index is -5.10. The van der Waals surface area contributed by atoms with Gasteiger partial charge in [0.05, 0.1) is 47.7 Å². The van der Waals surface area contributed by atoms with Gasteiger partial charge in [0.25, 0.3) is 5.95 Å². The van der Waals surface area contributed by atoms with Crippen molar-refractivity contribution in [3.8, 4) is 0 Å². The standard InChI is InChI=1S/C28H29F9N6O4/c1-3-18-12-20(19-11-15(26(29,30)31)5-6-21(19)43(18)25(46)47-4-2)38-24-39-41-42(40-24)13-23(45)22(44)9-14-7-16(27(32,33)34)10-17(8-14)28(35,36)37/h5-8,10-11,18,20,22-23,44-45H,3-4,9,12-13H2,1-2H3,(H,38,40)/t18-,20+,22?,23?/m1/s1. The summed E-state index contributed by atoms with van der Waals surface area (Å²) in [5, 5.41) is 35.2. The Balaban J connectivity index is 1.53. The van der Waals surface area contributed by atoms with Crippen LogP contribution >= 0.6 is 0 Å². The van der Waals surface area contributed by atoms with Crippen LogP contribution in [0.4, 0.5) is 55.9 Å². The molecule has 0 radical (unpaired) electrons. The van der Waals surface area contributed by atoms with E-state index in [-0.39, 0.29) is 36.3 Å². The summed E-state index contributed by atoms with van der Waals surface area (Å²) in [6.45, 7) is 2.79. The van der Waals surface area contributed by atoms with E-state index in [0.29, 0.717) is 18.6 Å². The summed E-state index contributed by atoms with van der Waals surface area (Å²) in [5.41, 5.74) is -4.42. The third-order valence-electron chi connectivity index (χ3n) is 7.44. The van der Waals surface area contributed by atoms with E-state index < -0.39 is 84.1 Å². The van der Waals surface area contributed by atoms with E-state index in [0.717, 1.165) is 23.0 Å². The highest BCUT2D eigenvalue weighted by Crippen LogP contribution is 2.43. The van der Waals surface area contributed by atoms with Crippen molar-refractivity contribution in [3.63, 3.8) is 0 Å². The maximum atomic E-state index is 13.6. The minimum absolute atomic E-state index is 0.0333. The average molecular weight is 685 g/mol. The Morgan fingerprint density at radius 2 is 1.55 bits per heavy atom. The molecule has 4 rings (SSSR count). The third kappa shape index (κ3) is 8.43. The van der Waals surface area contributed by atoms with Crippen LogP contribution in [-0.2, 0) is 36.2 Å². The Bertz CT molecular complexity index is 1530. The van der Waals surface area contributed by atoms with E-state index >= 15 is 0 Å². The molecule has 1 aliphatic heterocycles. The van der Waals surface area contributed by atoms with Gasteiger partial charge in [-0.15, -0.1) is 5.10 Å². The zero-order valence-electron chi connectivity index (χ0n) is 24.7. The molecular formula is C28H29F9N6O4. The number of alkyl halides is 9. The molecule has 4 atom stereocenters. The molecular weight excluding hydrogens is 655 g/mol. The molecule has 0 saturated carbocycles. The highest BCUT2D eigenvalue weighted by atomic mass is 19.4. The molecule has 0 spiro atoms. The lowest BCUT2D eigenvalue weighted by atomic mass is 9.89. The molecule has 2 heterocycles. The van der Waals surface area contributed by atoms with Crippen LogP contribution in [0, 0.1) is 0 Å². The molecule has 3 aromatic rings. The number of rotatable bonds is 9. The average Bonchev–Trinajstić information content (AvgIpc) is 3.41. The van der Waals surface area contributed by atoms with E-state index in [1.54, 1.807) is 13.8 Å². The molecule has 0 saturated heterocycles. The summed E-state index contributed by atoms with van der Waals surface area (Å²) in [6, 6.07) is 2.32. The van der Waals surface area contributed by atoms with E-state index in [2.05, 4.69) is 20.7 Å². The number of carbonyl (C=O) groups excluding carboxylic acids is 1. The molecule has 10 nitrogen and oxygen atoms in total. The largest absolute Gasteiger partial charge is 0.449 e. The minimum Gasteiger partial charge on any atom is -0.449 e. The first-order valence-corrected chi connectivity index (χ1v) is 14.2. The fourth-order valence-corrected chi connectivity index (χ4v) is 5.19. The highest BCUT2D eigenvalue weighted by molar-refractivity contribution is 5.90. The van der Waals surface area contributed by atoms with Gasteiger partial charge >= 0.3 is 24.6 Å². The van der Waals surface area contributed by atoms with Gasteiger partial charge in [0.2, 0.25) is 0 Å². The van der Waals surface area contributed by atoms with E-state index in [1.165, 1.54) is 4.90 Å². The molecule has 1 aliphatic rings. The summed E-state index contributed by atoms with van der Waals surface area (Å²) in [6.07, 6.45) is -19.6. The number of aromatic nitrogens is 4. The number of anilines is 2. The van der Waals surface area contributed by atoms with Gasteiger partial charge in [-0.3, -0.25) is 4.90 Å². The zero-order valence-corrected chi connectivity index (χ0v) is 24.7. The summed E-state index contributed by atoms with van der Waals surface area (Å²) in [7, 11) is 0.